The van der Waals surface area contributed by atoms with Crippen LogP contribution in [0.15, 0.2) is 12.3 Å². The van der Waals surface area contributed by atoms with Gasteiger partial charge in [-0.15, -0.1) is 0 Å². The Morgan fingerprint density at radius 2 is 2.36 bits per heavy atom. The van der Waals surface area contributed by atoms with Crippen LogP contribution < -0.4 is 10.5 Å². The Morgan fingerprint density at radius 3 is 2.86 bits per heavy atom. The maximum atomic E-state index is 9.02. The molecule has 0 fully saturated rings. The summed E-state index contributed by atoms with van der Waals surface area (Å²) in [7, 11) is 1.59. The third kappa shape index (κ3) is 2.02. The van der Waals surface area contributed by atoms with Crippen molar-refractivity contribution in [2.24, 2.45) is 5.73 Å². The highest BCUT2D eigenvalue weighted by atomic mass is 16.5. The van der Waals surface area contributed by atoms with E-state index in [0.717, 1.165) is 17.7 Å². The molecule has 1 rings (SSSR count). The van der Waals surface area contributed by atoms with Gasteiger partial charge in [0.1, 0.15) is 5.75 Å². The van der Waals surface area contributed by atoms with Crippen molar-refractivity contribution in [3.8, 4) is 5.75 Å². The molecule has 0 amide bonds. The zero-order valence-electron chi connectivity index (χ0n) is 8.53. The predicted octanol–water partition coefficient (Wildman–Crippen LogP) is 0.645. The zero-order chi connectivity index (χ0) is 10.6. The second kappa shape index (κ2) is 4.93. The number of aliphatic hydroxyl groups excluding tert-OH is 1. The highest BCUT2D eigenvalue weighted by Gasteiger charge is 2.15. The molecule has 0 spiro atoms. The number of hydrogen-bond acceptors (Lipinski definition) is 4. The lowest BCUT2D eigenvalue weighted by atomic mass is 10.0. The Kier molecular flexibility index (Phi) is 3.85. The standard InChI is InChI=1S/C10H16N2O2/c1-3-8-10(7(11)6-13)9(14-2)4-5-12-8/h4-5,7,13H,3,6,11H2,1-2H3. The number of aryl methyl sites for hydroxylation is 1. The van der Waals surface area contributed by atoms with Crippen molar-refractivity contribution in [2.45, 2.75) is 19.4 Å². The average Bonchev–Trinajstić information content (AvgIpc) is 2.26. The molecule has 0 aliphatic rings. The van der Waals surface area contributed by atoms with Gasteiger partial charge >= 0.3 is 0 Å². The van der Waals surface area contributed by atoms with Gasteiger partial charge in [0.25, 0.3) is 0 Å². The summed E-state index contributed by atoms with van der Waals surface area (Å²) in [6.07, 6.45) is 2.46. The molecule has 78 valence electrons. The summed E-state index contributed by atoms with van der Waals surface area (Å²) in [5.74, 6) is 0.693. The van der Waals surface area contributed by atoms with Gasteiger partial charge in [0, 0.05) is 17.5 Å². The Balaban J connectivity index is 3.18. The molecule has 4 nitrogen and oxygen atoms in total. The van der Waals surface area contributed by atoms with E-state index < -0.39 is 6.04 Å². The number of methoxy groups -OCH3 is 1. The highest BCUT2D eigenvalue weighted by molar-refractivity contribution is 5.38. The first-order chi connectivity index (χ1) is 6.74. The summed E-state index contributed by atoms with van der Waals surface area (Å²) < 4.78 is 5.18. The lowest BCUT2D eigenvalue weighted by Crippen LogP contribution is -2.18. The zero-order valence-corrected chi connectivity index (χ0v) is 8.53. The first-order valence-corrected chi connectivity index (χ1v) is 4.62. The molecule has 1 unspecified atom stereocenters. The molecule has 3 N–H and O–H groups in total. The van der Waals surface area contributed by atoms with E-state index in [1.807, 2.05) is 6.92 Å². The van der Waals surface area contributed by atoms with Crippen LogP contribution in [0, 0.1) is 0 Å². The normalized spacial score (nSPS) is 12.6. The quantitative estimate of drug-likeness (QED) is 0.741. The lowest BCUT2D eigenvalue weighted by Gasteiger charge is -2.16. The molecule has 0 aliphatic heterocycles. The van der Waals surface area contributed by atoms with E-state index in [-0.39, 0.29) is 6.61 Å². The van der Waals surface area contributed by atoms with Crippen molar-refractivity contribution >= 4 is 0 Å². The molecule has 14 heavy (non-hydrogen) atoms. The minimum absolute atomic E-state index is 0.102. The van der Waals surface area contributed by atoms with Gasteiger partial charge in [0.15, 0.2) is 0 Å². The molecule has 0 aliphatic carbocycles. The minimum Gasteiger partial charge on any atom is -0.496 e. The maximum absolute atomic E-state index is 9.02. The molecular formula is C10H16N2O2. The second-order valence-electron chi connectivity index (χ2n) is 3.02. The number of aliphatic hydroxyl groups is 1. The van der Waals surface area contributed by atoms with Gasteiger partial charge < -0.3 is 15.6 Å². The summed E-state index contributed by atoms with van der Waals surface area (Å²) in [5.41, 5.74) is 7.46. The van der Waals surface area contributed by atoms with Gasteiger partial charge in [0.05, 0.1) is 19.8 Å². The maximum Gasteiger partial charge on any atom is 0.127 e. The number of hydrogen-bond donors (Lipinski definition) is 2. The fourth-order valence-corrected chi connectivity index (χ4v) is 1.44. The van der Waals surface area contributed by atoms with Gasteiger partial charge in [-0.05, 0) is 12.5 Å². The molecule has 1 heterocycles. The van der Waals surface area contributed by atoms with E-state index in [0.29, 0.717) is 5.75 Å². The van der Waals surface area contributed by atoms with Crippen molar-refractivity contribution in [2.75, 3.05) is 13.7 Å². The van der Waals surface area contributed by atoms with Crippen molar-refractivity contribution in [1.29, 1.82) is 0 Å². The van der Waals surface area contributed by atoms with E-state index in [1.165, 1.54) is 0 Å². The Hall–Kier alpha value is -1.13. The summed E-state index contributed by atoms with van der Waals surface area (Å²) in [6.45, 7) is 1.89. The van der Waals surface area contributed by atoms with E-state index in [2.05, 4.69) is 4.98 Å². The Bertz CT molecular complexity index is 280. The second-order valence-corrected chi connectivity index (χ2v) is 3.02. The van der Waals surface area contributed by atoms with Crippen molar-refractivity contribution in [1.82, 2.24) is 4.98 Å². The molecule has 4 heteroatoms. The Morgan fingerprint density at radius 1 is 1.64 bits per heavy atom. The van der Waals surface area contributed by atoms with Crippen LogP contribution in [-0.4, -0.2) is 23.8 Å². The smallest absolute Gasteiger partial charge is 0.127 e. The van der Waals surface area contributed by atoms with Crippen LogP contribution in [-0.2, 0) is 6.42 Å². The minimum atomic E-state index is -0.423. The first-order valence-electron chi connectivity index (χ1n) is 4.62. The summed E-state index contributed by atoms with van der Waals surface area (Å²) >= 11 is 0. The van der Waals surface area contributed by atoms with E-state index in [4.69, 9.17) is 15.6 Å². The van der Waals surface area contributed by atoms with E-state index >= 15 is 0 Å². The van der Waals surface area contributed by atoms with Crippen molar-refractivity contribution < 1.29 is 9.84 Å². The molecule has 0 saturated carbocycles. The summed E-state index contributed by atoms with van der Waals surface area (Å²) in [4.78, 5) is 4.20. The van der Waals surface area contributed by atoms with Gasteiger partial charge in [0.2, 0.25) is 0 Å². The molecular weight excluding hydrogens is 180 g/mol. The van der Waals surface area contributed by atoms with Gasteiger partial charge in [-0.1, -0.05) is 6.92 Å². The number of nitrogens with two attached hydrogens (primary N) is 1. The van der Waals surface area contributed by atoms with Crippen LogP contribution in [0.1, 0.15) is 24.2 Å². The van der Waals surface area contributed by atoms with Crippen LogP contribution in [0.4, 0.5) is 0 Å². The SMILES string of the molecule is CCc1nccc(OC)c1C(N)CO. The van der Waals surface area contributed by atoms with Crippen LogP contribution in [0.2, 0.25) is 0 Å². The van der Waals surface area contributed by atoms with Gasteiger partial charge in [-0.3, -0.25) is 4.98 Å². The number of nitrogens with zero attached hydrogens (tertiary/aromatic N) is 1. The predicted molar refractivity (Wildman–Crippen MR) is 54.2 cm³/mol. The third-order valence-corrected chi connectivity index (χ3v) is 2.15. The third-order valence-electron chi connectivity index (χ3n) is 2.15. The first kappa shape index (κ1) is 10.9. The summed E-state index contributed by atoms with van der Waals surface area (Å²) in [5, 5.41) is 9.02. The van der Waals surface area contributed by atoms with Crippen LogP contribution in [0.5, 0.6) is 5.75 Å². The molecule has 1 aromatic rings. The molecule has 1 atom stereocenters. The molecule has 0 saturated heterocycles. The van der Waals surface area contributed by atoms with E-state index in [9.17, 15) is 0 Å². The molecule has 0 aromatic carbocycles. The highest BCUT2D eigenvalue weighted by Crippen LogP contribution is 2.25. The molecule has 0 radical (unpaired) electrons. The van der Waals surface area contributed by atoms with Gasteiger partial charge in [-0.25, -0.2) is 0 Å². The number of aromatic nitrogens is 1. The lowest BCUT2D eigenvalue weighted by molar-refractivity contribution is 0.263. The Labute approximate surface area is 83.7 Å². The van der Waals surface area contributed by atoms with Crippen molar-refractivity contribution in [3.05, 3.63) is 23.5 Å². The number of ether oxygens (including phenoxy) is 1. The molecule has 0 bridgehead atoms. The van der Waals surface area contributed by atoms with E-state index in [1.54, 1.807) is 19.4 Å². The number of pyridine rings is 1. The fraction of sp³-hybridized carbons (Fsp3) is 0.500. The molecule has 1 aromatic heterocycles. The van der Waals surface area contributed by atoms with Crippen LogP contribution >= 0.6 is 0 Å². The monoisotopic (exact) mass is 196 g/mol. The number of rotatable bonds is 4. The van der Waals surface area contributed by atoms with Gasteiger partial charge in [-0.2, -0.15) is 0 Å². The largest absolute Gasteiger partial charge is 0.496 e. The topological polar surface area (TPSA) is 68.4 Å². The average molecular weight is 196 g/mol. The summed E-state index contributed by atoms with van der Waals surface area (Å²) in [6, 6.07) is 1.33. The fourth-order valence-electron chi connectivity index (χ4n) is 1.44. The van der Waals surface area contributed by atoms with Crippen molar-refractivity contribution in [3.63, 3.8) is 0 Å². The van der Waals surface area contributed by atoms with Crippen LogP contribution in [0.25, 0.3) is 0 Å². The van der Waals surface area contributed by atoms with Crippen LogP contribution in [0.3, 0.4) is 0 Å².